The molecule has 0 radical (unpaired) electrons. The van der Waals surface area contributed by atoms with Crippen LogP contribution in [-0.4, -0.2) is 0 Å². The van der Waals surface area contributed by atoms with Crippen LogP contribution in [0.1, 0.15) is 25.7 Å². The minimum atomic E-state index is 0. The molecule has 11 heavy (non-hydrogen) atoms. The number of hydrogen-bond acceptors (Lipinski definition) is 0. The summed E-state index contributed by atoms with van der Waals surface area (Å²) >= 11 is 5.82. The van der Waals surface area contributed by atoms with Crippen LogP contribution in [0.2, 0.25) is 0 Å². The van der Waals surface area contributed by atoms with Gasteiger partial charge in [-0.3, -0.25) is 0 Å². The molecule has 68 valence electrons. The van der Waals surface area contributed by atoms with Crippen molar-refractivity contribution in [2.24, 2.45) is 0 Å². The van der Waals surface area contributed by atoms with Gasteiger partial charge in [0.2, 0.25) is 0 Å². The smallest absolute Gasteiger partial charge is 0.0144 e. The molecule has 0 N–H and O–H groups in total. The van der Waals surface area contributed by atoms with Crippen LogP contribution in [0.4, 0.5) is 0 Å². The first-order valence-corrected chi connectivity index (χ1v) is 3.77. The van der Waals surface area contributed by atoms with Crippen molar-refractivity contribution in [2.75, 3.05) is 0 Å². The summed E-state index contributed by atoms with van der Waals surface area (Å²) < 4.78 is 0. The molecule has 0 amide bonds. The van der Waals surface area contributed by atoms with Crippen LogP contribution in [-0.2, 0) is 21.1 Å². The zero-order valence-corrected chi connectivity index (χ0v) is 10.0. The molecule has 0 aromatic rings. The van der Waals surface area contributed by atoms with Crippen molar-refractivity contribution >= 4 is 24.0 Å². The van der Waals surface area contributed by atoms with Gasteiger partial charge < -0.3 is 0 Å². The van der Waals surface area contributed by atoms with Crippen molar-refractivity contribution in [1.82, 2.24) is 0 Å². The summed E-state index contributed by atoms with van der Waals surface area (Å²) in [5.41, 5.74) is 0. The van der Waals surface area contributed by atoms with E-state index in [9.17, 15) is 0 Å². The maximum atomic E-state index is 5.82. The Kier molecular flexibility index (Phi) is 11.5. The second-order valence-electron chi connectivity index (χ2n) is 2.24. The third-order valence-corrected chi connectivity index (χ3v) is 1.76. The normalized spacial score (nSPS) is 16.6. The molecule has 0 aromatic carbocycles. The fourth-order valence-electron chi connectivity index (χ4n) is 0.895. The van der Waals surface area contributed by atoms with Gasteiger partial charge in [-0.1, -0.05) is 29.8 Å². The quantitative estimate of drug-likeness (QED) is 0.568. The van der Waals surface area contributed by atoms with E-state index in [0.29, 0.717) is 0 Å². The first-order chi connectivity index (χ1) is 4.39. The van der Waals surface area contributed by atoms with Crippen LogP contribution >= 0.6 is 24.0 Å². The number of hydrogen-bond donors (Lipinski definition) is 0. The SMILES string of the molecule is Cl.ClC1=CCCC=CCC1.[Pt]. The van der Waals surface area contributed by atoms with Gasteiger partial charge in [0.1, 0.15) is 0 Å². The van der Waals surface area contributed by atoms with Crippen molar-refractivity contribution in [3.63, 3.8) is 0 Å². The van der Waals surface area contributed by atoms with Crippen LogP contribution in [0, 0.1) is 0 Å². The van der Waals surface area contributed by atoms with Crippen molar-refractivity contribution in [3.05, 3.63) is 23.3 Å². The maximum absolute atomic E-state index is 5.82. The molecular weight excluding hydrogens is 362 g/mol. The maximum Gasteiger partial charge on any atom is 0.0144 e. The molecule has 0 spiro atoms. The molecule has 1 aliphatic carbocycles. The number of rotatable bonds is 0. The predicted octanol–water partition coefficient (Wildman–Crippen LogP) is 3.66. The molecular formula is C8H12Cl2Pt. The van der Waals surface area contributed by atoms with Crippen LogP contribution in [0.25, 0.3) is 0 Å². The summed E-state index contributed by atoms with van der Waals surface area (Å²) in [7, 11) is 0. The monoisotopic (exact) mass is 373 g/mol. The van der Waals surface area contributed by atoms with Gasteiger partial charge in [0.15, 0.2) is 0 Å². The molecule has 3 heteroatoms. The Morgan fingerprint density at radius 1 is 1.09 bits per heavy atom. The van der Waals surface area contributed by atoms with E-state index in [1.54, 1.807) is 0 Å². The van der Waals surface area contributed by atoms with E-state index >= 15 is 0 Å². The van der Waals surface area contributed by atoms with Gasteiger partial charge in [0.25, 0.3) is 0 Å². The second kappa shape index (κ2) is 8.84. The average molecular weight is 374 g/mol. The van der Waals surface area contributed by atoms with Gasteiger partial charge in [-0.05, 0) is 25.7 Å². The van der Waals surface area contributed by atoms with Crippen LogP contribution in [0.15, 0.2) is 23.3 Å². The molecule has 0 atom stereocenters. The van der Waals surface area contributed by atoms with Gasteiger partial charge >= 0.3 is 0 Å². The van der Waals surface area contributed by atoms with Gasteiger partial charge in [-0.2, -0.15) is 0 Å². The van der Waals surface area contributed by atoms with Crippen LogP contribution in [0.5, 0.6) is 0 Å². The van der Waals surface area contributed by atoms with Crippen molar-refractivity contribution < 1.29 is 21.1 Å². The topological polar surface area (TPSA) is 0 Å². The van der Waals surface area contributed by atoms with E-state index in [4.69, 9.17) is 11.6 Å². The molecule has 1 rings (SSSR count). The van der Waals surface area contributed by atoms with Gasteiger partial charge in [0.05, 0.1) is 0 Å². The number of allylic oxidation sites excluding steroid dienone is 4. The Morgan fingerprint density at radius 2 is 1.73 bits per heavy atom. The van der Waals surface area contributed by atoms with E-state index in [1.165, 1.54) is 0 Å². The first kappa shape index (κ1) is 14.3. The largest absolute Gasteiger partial charge is 0.147 e. The summed E-state index contributed by atoms with van der Waals surface area (Å²) in [5.74, 6) is 0. The summed E-state index contributed by atoms with van der Waals surface area (Å²) in [6, 6.07) is 0. The van der Waals surface area contributed by atoms with E-state index in [-0.39, 0.29) is 33.5 Å². The molecule has 0 unspecified atom stereocenters. The summed E-state index contributed by atoms with van der Waals surface area (Å²) in [5, 5.41) is 1.03. The third-order valence-electron chi connectivity index (χ3n) is 1.42. The Bertz CT molecular complexity index is 141. The molecule has 0 saturated carbocycles. The Labute approximate surface area is 93.8 Å². The van der Waals surface area contributed by atoms with Crippen LogP contribution < -0.4 is 0 Å². The Balaban J connectivity index is 0. The van der Waals surface area contributed by atoms with Crippen molar-refractivity contribution in [1.29, 1.82) is 0 Å². The third kappa shape index (κ3) is 7.12. The summed E-state index contributed by atoms with van der Waals surface area (Å²) in [6.07, 6.45) is 10.9. The second-order valence-corrected chi connectivity index (χ2v) is 2.72. The number of halogens is 2. The molecule has 0 aromatic heterocycles. The standard InChI is InChI=1S/C8H11Cl.ClH.Pt/c9-8-6-4-2-1-3-5-7-8;;/h1-2,7H,3-6H2;1H;. The zero-order chi connectivity index (χ0) is 6.53. The molecule has 0 nitrogen and oxygen atoms in total. The molecule has 0 heterocycles. The fraction of sp³-hybridized carbons (Fsp3) is 0.500. The van der Waals surface area contributed by atoms with Gasteiger partial charge in [-0.15, -0.1) is 12.4 Å². The van der Waals surface area contributed by atoms with Crippen LogP contribution in [0.3, 0.4) is 0 Å². The van der Waals surface area contributed by atoms with E-state index < -0.39 is 0 Å². The summed E-state index contributed by atoms with van der Waals surface area (Å²) in [6.45, 7) is 0. The van der Waals surface area contributed by atoms with Gasteiger partial charge in [0, 0.05) is 26.1 Å². The Morgan fingerprint density at radius 3 is 2.45 bits per heavy atom. The van der Waals surface area contributed by atoms with E-state index in [0.717, 1.165) is 30.7 Å². The minimum absolute atomic E-state index is 0. The average Bonchev–Trinajstić information content (AvgIpc) is 1.79. The van der Waals surface area contributed by atoms with Gasteiger partial charge in [-0.25, -0.2) is 0 Å². The minimum Gasteiger partial charge on any atom is -0.147 e. The molecule has 1 aliphatic rings. The molecule has 0 aliphatic heterocycles. The molecule has 0 fully saturated rings. The predicted molar refractivity (Wildman–Crippen MR) is 48.8 cm³/mol. The van der Waals surface area contributed by atoms with E-state index in [2.05, 4.69) is 18.2 Å². The Hall–Kier alpha value is 0.748. The zero-order valence-electron chi connectivity index (χ0n) is 6.16. The fourth-order valence-corrected chi connectivity index (χ4v) is 1.11. The van der Waals surface area contributed by atoms with Crippen molar-refractivity contribution in [3.8, 4) is 0 Å². The molecule has 0 bridgehead atoms. The summed E-state index contributed by atoms with van der Waals surface area (Å²) in [4.78, 5) is 0. The van der Waals surface area contributed by atoms with Crippen molar-refractivity contribution in [2.45, 2.75) is 25.7 Å². The molecule has 0 saturated heterocycles. The van der Waals surface area contributed by atoms with E-state index in [1.807, 2.05) is 0 Å². The first-order valence-electron chi connectivity index (χ1n) is 3.39.